The van der Waals surface area contributed by atoms with Crippen LogP contribution in [0, 0.1) is 11.6 Å². The Labute approximate surface area is 129 Å². The third kappa shape index (κ3) is 4.02. The molecule has 1 saturated heterocycles. The highest BCUT2D eigenvalue weighted by Crippen LogP contribution is 2.28. The molecule has 1 aromatic carbocycles. The van der Waals surface area contributed by atoms with Gasteiger partial charge in [-0.25, -0.2) is 21.9 Å². The number of benzene rings is 1. The Hall–Kier alpha value is -1.05. The largest absolute Gasteiger partial charge is 0.299 e. The molecule has 1 aliphatic carbocycles. The Kier molecular flexibility index (Phi) is 4.47. The third-order valence-corrected chi connectivity index (χ3v) is 6.22. The van der Waals surface area contributed by atoms with Crippen molar-refractivity contribution in [3.05, 3.63) is 35.4 Å². The van der Waals surface area contributed by atoms with Gasteiger partial charge in [-0.2, -0.15) is 0 Å². The van der Waals surface area contributed by atoms with E-state index < -0.39 is 21.7 Å². The lowest BCUT2D eigenvalue weighted by Gasteiger charge is -2.32. The van der Waals surface area contributed by atoms with E-state index in [4.69, 9.17) is 0 Å². The van der Waals surface area contributed by atoms with Crippen LogP contribution in [0.5, 0.6) is 0 Å². The Morgan fingerprint density at radius 3 is 2.18 bits per heavy atom. The van der Waals surface area contributed by atoms with Gasteiger partial charge in [0, 0.05) is 31.7 Å². The lowest BCUT2D eigenvalue weighted by Crippen LogP contribution is -2.45. The van der Waals surface area contributed by atoms with Crippen LogP contribution < -0.4 is 4.72 Å². The van der Waals surface area contributed by atoms with Crippen molar-refractivity contribution in [2.24, 2.45) is 0 Å². The van der Waals surface area contributed by atoms with Crippen molar-refractivity contribution in [1.29, 1.82) is 0 Å². The minimum Gasteiger partial charge on any atom is -0.299 e. The van der Waals surface area contributed by atoms with Gasteiger partial charge in [0.05, 0.1) is 5.25 Å². The van der Waals surface area contributed by atoms with Crippen LogP contribution in [0.3, 0.4) is 0 Å². The van der Waals surface area contributed by atoms with Gasteiger partial charge in [0.2, 0.25) is 10.0 Å². The van der Waals surface area contributed by atoms with Crippen molar-refractivity contribution in [3.63, 3.8) is 0 Å². The fraction of sp³-hybridized carbons (Fsp3) is 0.600. The summed E-state index contributed by atoms with van der Waals surface area (Å²) >= 11 is 0. The van der Waals surface area contributed by atoms with Crippen LogP contribution in [-0.2, 0) is 16.6 Å². The van der Waals surface area contributed by atoms with Crippen molar-refractivity contribution in [3.8, 4) is 0 Å². The van der Waals surface area contributed by atoms with E-state index in [-0.39, 0.29) is 11.3 Å². The van der Waals surface area contributed by atoms with Crippen LogP contribution in [0.2, 0.25) is 0 Å². The molecule has 0 aromatic heterocycles. The molecule has 1 aliphatic heterocycles. The molecule has 7 heteroatoms. The van der Waals surface area contributed by atoms with Crippen molar-refractivity contribution >= 4 is 10.0 Å². The van der Waals surface area contributed by atoms with Gasteiger partial charge in [-0.15, -0.1) is 0 Å². The van der Waals surface area contributed by atoms with Gasteiger partial charge in [0.25, 0.3) is 0 Å². The summed E-state index contributed by atoms with van der Waals surface area (Å²) in [6.45, 7) is 1.92. The molecule has 0 atom stereocenters. The van der Waals surface area contributed by atoms with E-state index in [9.17, 15) is 17.2 Å². The highest BCUT2D eigenvalue weighted by atomic mass is 32.2. The first-order valence-corrected chi connectivity index (χ1v) is 9.15. The standard InChI is InChI=1S/C15H20F2N2O2S/c16-12-7-11(8-13(17)9-12)10-19-5-3-14(4-6-19)18-22(20,21)15-1-2-15/h7-9,14-15,18H,1-6,10H2. The molecule has 2 aliphatic rings. The van der Waals surface area contributed by atoms with Gasteiger partial charge in [0.15, 0.2) is 0 Å². The summed E-state index contributed by atoms with van der Waals surface area (Å²) in [5.74, 6) is -1.14. The first kappa shape index (κ1) is 15.8. The van der Waals surface area contributed by atoms with Crippen molar-refractivity contribution < 1.29 is 17.2 Å². The monoisotopic (exact) mass is 330 g/mol. The smallest absolute Gasteiger partial charge is 0.214 e. The summed E-state index contributed by atoms with van der Waals surface area (Å²) < 4.78 is 52.9. The minimum absolute atomic E-state index is 0.0221. The number of likely N-dealkylation sites (tertiary alicyclic amines) is 1. The zero-order chi connectivity index (χ0) is 15.7. The number of hydrogen-bond acceptors (Lipinski definition) is 3. The van der Waals surface area contributed by atoms with Gasteiger partial charge in [-0.1, -0.05) is 0 Å². The molecule has 1 heterocycles. The predicted molar refractivity (Wildman–Crippen MR) is 79.7 cm³/mol. The van der Waals surface area contributed by atoms with E-state index >= 15 is 0 Å². The second-order valence-corrected chi connectivity index (χ2v) is 8.18. The summed E-state index contributed by atoms with van der Waals surface area (Å²) in [5, 5.41) is -0.194. The number of sulfonamides is 1. The van der Waals surface area contributed by atoms with Gasteiger partial charge < -0.3 is 0 Å². The fourth-order valence-electron chi connectivity index (χ4n) is 2.88. The number of rotatable bonds is 5. The maximum absolute atomic E-state index is 13.2. The number of piperidine rings is 1. The molecule has 0 bridgehead atoms. The Bertz CT molecular complexity index is 619. The van der Waals surface area contributed by atoms with Gasteiger partial charge in [0.1, 0.15) is 11.6 Å². The summed E-state index contributed by atoms with van der Waals surface area (Å²) in [6, 6.07) is 3.52. The topological polar surface area (TPSA) is 49.4 Å². The molecular weight excluding hydrogens is 310 g/mol. The Morgan fingerprint density at radius 2 is 1.64 bits per heavy atom. The van der Waals surface area contributed by atoms with E-state index in [0.717, 1.165) is 44.8 Å². The van der Waals surface area contributed by atoms with Gasteiger partial charge in [-0.05, 0) is 43.4 Å². The number of nitrogens with one attached hydrogen (secondary N) is 1. The normalized spacial score (nSPS) is 21.2. The lowest BCUT2D eigenvalue weighted by atomic mass is 10.1. The molecular formula is C15H20F2N2O2S. The molecule has 0 spiro atoms. The molecule has 0 unspecified atom stereocenters. The van der Waals surface area contributed by atoms with Crippen LogP contribution in [0.4, 0.5) is 8.78 Å². The average molecular weight is 330 g/mol. The highest BCUT2D eigenvalue weighted by Gasteiger charge is 2.37. The number of halogens is 2. The summed E-state index contributed by atoms with van der Waals surface area (Å²) in [5.41, 5.74) is 0.606. The molecule has 0 radical (unpaired) electrons. The highest BCUT2D eigenvalue weighted by molar-refractivity contribution is 7.90. The number of nitrogens with zero attached hydrogens (tertiary/aromatic N) is 1. The fourth-order valence-corrected chi connectivity index (χ4v) is 4.53. The van der Waals surface area contributed by atoms with Crippen LogP contribution >= 0.6 is 0 Å². The molecule has 2 fully saturated rings. The second kappa shape index (κ2) is 6.22. The molecule has 0 amide bonds. The van der Waals surface area contributed by atoms with Gasteiger partial charge >= 0.3 is 0 Å². The quantitative estimate of drug-likeness (QED) is 0.898. The summed E-state index contributed by atoms with van der Waals surface area (Å²) in [7, 11) is -3.14. The van der Waals surface area contributed by atoms with E-state index in [2.05, 4.69) is 9.62 Å². The molecule has 1 N–H and O–H groups in total. The SMILES string of the molecule is O=S(=O)(NC1CCN(Cc2cc(F)cc(F)c2)CC1)C1CC1. The van der Waals surface area contributed by atoms with Crippen LogP contribution in [-0.4, -0.2) is 37.7 Å². The Balaban J connectivity index is 1.51. The zero-order valence-corrected chi connectivity index (χ0v) is 13.1. The van der Waals surface area contributed by atoms with Gasteiger partial charge in [-0.3, -0.25) is 4.90 Å². The summed E-state index contributed by atoms with van der Waals surface area (Å²) in [4.78, 5) is 2.09. The lowest BCUT2D eigenvalue weighted by molar-refractivity contribution is 0.199. The van der Waals surface area contributed by atoms with Crippen molar-refractivity contribution in [2.75, 3.05) is 13.1 Å². The van der Waals surface area contributed by atoms with Crippen molar-refractivity contribution in [2.45, 2.75) is 43.5 Å². The second-order valence-electron chi connectivity index (χ2n) is 6.19. The summed E-state index contributed by atoms with van der Waals surface area (Å²) in [6.07, 6.45) is 2.98. The zero-order valence-electron chi connectivity index (χ0n) is 12.3. The first-order chi connectivity index (χ1) is 10.4. The van der Waals surface area contributed by atoms with E-state index in [1.54, 1.807) is 0 Å². The molecule has 22 heavy (non-hydrogen) atoms. The van der Waals surface area contributed by atoms with Crippen LogP contribution in [0.1, 0.15) is 31.2 Å². The Morgan fingerprint density at radius 1 is 1.05 bits per heavy atom. The molecule has 4 nitrogen and oxygen atoms in total. The predicted octanol–water partition coefficient (Wildman–Crippen LogP) is 2.01. The molecule has 1 saturated carbocycles. The third-order valence-electron chi connectivity index (χ3n) is 4.21. The molecule has 122 valence electrons. The average Bonchev–Trinajstić information content (AvgIpc) is 3.24. The molecule has 1 aromatic rings. The van der Waals surface area contributed by atoms with Crippen LogP contribution in [0.15, 0.2) is 18.2 Å². The maximum atomic E-state index is 13.2. The maximum Gasteiger partial charge on any atom is 0.214 e. The van der Waals surface area contributed by atoms with E-state index in [1.807, 2.05) is 0 Å². The van der Waals surface area contributed by atoms with Crippen molar-refractivity contribution in [1.82, 2.24) is 9.62 Å². The molecule has 3 rings (SSSR count). The van der Waals surface area contributed by atoms with E-state index in [1.165, 1.54) is 12.1 Å². The first-order valence-electron chi connectivity index (χ1n) is 7.61. The van der Waals surface area contributed by atoms with E-state index in [0.29, 0.717) is 12.1 Å². The number of hydrogen-bond donors (Lipinski definition) is 1. The minimum atomic E-state index is -3.14. The van der Waals surface area contributed by atoms with Crippen LogP contribution in [0.25, 0.3) is 0 Å².